The molecule has 0 radical (unpaired) electrons. The minimum Gasteiger partial charge on any atom is -0.478 e. The smallest absolute Gasteiger partial charge is 0.478 e. The zero-order valence-electron chi connectivity index (χ0n) is 15.3. The normalized spacial score (nSPS) is 19.6. The highest BCUT2D eigenvalue weighted by Gasteiger charge is 2.52. The Bertz CT molecular complexity index is 651. The van der Waals surface area contributed by atoms with Crippen LogP contribution in [0.2, 0.25) is 0 Å². The third-order valence-electron chi connectivity index (χ3n) is 4.79. The third kappa shape index (κ3) is 3.71. The molecule has 0 atom stereocenters. The number of likely N-dealkylation sites (N-methyl/N-ethyl adjacent to an activating group) is 1. The average molecular weight is 331 g/mol. The third-order valence-corrected chi connectivity index (χ3v) is 4.79. The molecule has 5 nitrogen and oxygen atoms in total. The van der Waals surface area contributed by atoms with Crippen molar-refractivity contribution in [3.63, 3.8) is 0 Å². The zero-order valence-corrected chi connectivity index (χ0v) is 15.3. The van der Waals surface area contributed by atoms with Gasteiger partial charge in [-0.15, -0.1) is 0 Å². The first-order valence-electron chi connectivity index (χ1n) is 8.12. The van der Waals surface area contributed by atoms with Crippen molar-refractivity contribution in [2.75, 3.05) is 13.6 Å². The minimum atomic E-state index is -0.921. The van der Waals surface area contributed by atoms with Crippen molar-refractivity contribution in [3.8, 4) is 0 Å². The Labute approximate surface area is 144 Å². The van der Waals surface area contributed by atoms with Crippen molar-refractivity contribution < 1.29 is 19.2 Å². The van der Waals surface area contributed by atoms with Crippen LogP contribution in [0.25, 0.3) is 6.08 Å². The molecule has 1 aromatic carbocycles. The lowest BCUT2D eigenvalue weighted by molar-refractivity contribution is 0.00578. The van der Waals surface area contributed by atoms with Gasteiger partial charge in [-0.1, -0.05) is 12.1 Å². The molecule has 0 saturated carbocycles. The number of aryl methyl sites for hydroxylation is 1. The van der Waals surface area contributed by atoms with Gasteiger partial charge in [-0.05, 0) is 70.4 Å². The molecule has 1 aliphatic heterocycles. The summed E-state index contributed by atoms with van der Waals surface area (Å²) in [6.45, 7) is 10.6. The van der Waals surface area contributed by atoms with E-state index in [-0.39, 0.29) is 5.56 Å². The van der Waals surface area contributed by atoms with Crippen LogP contribution >= 0.6 is 0 Å². The van der Waals surface area contributed by atoms with Crippen LogP contribution in [0.15, 0.2) is 23.7 Å². The van der Waals surface area contributed by atoms with Gasteiger partial charge in [0.15, 0.2) is 0 Å². The molecule has 0 amide bonds. The van der Waals surface area contributed by atoms with Gasteiger partial charge in [0.25, 0.3) is 0 Å². The molecule has 0 unspecified atom stereocenters. The van der Waals surface area contributed by atoms with Gasteiger partial charge in [-0.25, -0.2) is 4.79 Å². The Morgan fingerprint density at radius 2 is 1.83 bits per heavy atom. The van der Waals surface area contributed by atoms with E-state index in [2.05, 4.69) is 5.32 Å². The summed E-state index contributed by atoms with van der Waals surface area (Å²) in [4.78, 5) is 11.1. The molecule has 0 spiro atoms. The fourth-order valence-electron chi connectivity index (χ4n) is 2.57. The van der Waals surface area contributed by atoms with Crippen LogP contribution in [0.4, 0.5) is 0 Å². The van der Waals surface area contributed by atoms with Gasteiger partial charge in [0.2, 0.25) is 0 Å². The zero-order chi connectivity index (χ0) is 18.1. The number of rotatable bonds is 5. The molecule has 2 N–H and O–H groups in total. The quantitative estimate of drug-likeness (QED) is 0.812. The Hall–Kier alpha value is -1.63. The Kier molecular flexibility index (Phi) is 5.23. The van der Waals surface area contributed by atoms with Crippen LogP contribution < -0.4 is 5.32 Å². The average Bonchev–Trinajstić information content (AvgIpc) is 2.68. The summed E-state index contributed by atoms with van der Waals surface area (Å²) < 4.78 is 12.3. The van der Waals surface area contributed by atoms with Crippen LogP contribution in [0, 0.1) is 6.92 Å². The maximum atomic E-state index is 11.1. The van der Waals surface area contributed by atoms with E-state index in [0.29, 0.717) is 6.54 Å². The van der Waals surface area contributed by atoms with Crippen LogP contribution in [-0.2, 0) is 9.31 Å². The number of carboxylic acids is 1. The summed E-state index contributed by atoms with van der Waals surface area (Å²) in [6, 6.07) is 5.11. The summed E-state index contributed by atoms with van der Waals surface area (Å²) in [6.07, 6.45) is 2.01. The van der Waals surface area contributed by atoms with E-state index in [9.17, 15) is 4.79 Å². The molecule has 1 saturated heterocycles. The standard InChI is InChI=1S/C18H26BNO4/c1-12-9-14(16(21)22)8-7-13(12)10-15(11-20-6)19-23-17(2,3)18(4,5)24-19/h7-10,20H,11H2,1-6H3,(H,21,22). The summed E-state index contributed by atoms with van der Waals surface area (Å²) in [5.74, 6) is -0.921. The van der Waals surface area contributed by atoms with Gasteiger partial charge in [-0.2, -0.15) is 0 Å². The highest BCUT2D eigenvalue weighted by Crippen LogP contribution is 2.38. The minimum absolute atomic E-state index is 0.287. The van der Waals surface area contributed by atoms with E-state index in [1.54, 1.807) is 12.1 Å². The monoisotopic (exact) mass is 331 g/mol. The van der Waals surface area contributed by atoms with Gasteiger partial charge in [-0.3, -0.25) is 0 Å². The highest BCUT2D eigenvalue weighted by atomic mass is 16.7. The SMILES string of the molecule is CNCC(=Cc1ccc(C(=O)O)cc1C)B1OC(C)(C)C(C)(C)O1. The summed E-state index contributed by atoms with van der Waals surface area (Å²) in [5.41, 5.74) is 2.33. The van der Waals surface area contributed by atoms with Crippen LogP contribution in [0.1, 0.15) is 49.2 Å². The van der Waals surface area contributed by atoms with Gasteiger partial charge in [0.05, 0.1) is 16.8 Å². The maximum absolute atomic E-state index is 11.1. The summed E-state index contributed by atoms with van der Waals surface area (Å²) in [5, 5.41) is 12.2. The number of benzene rings is 1. The molecule has 130 valence electrons. The number of aromatic carboxylic acids is 1. The first-order chi connectivity index (χ1) is 11.1. The van der Waals surface area contributed by atoms with Crippen molar-refractivity contribution in [2.45, 2.75) is 45.8 Å². The highest BCUT2D eigenvalue weighted by molar-refractivity contribution is 6.55. The molecular weight excluding hydrogens is 305 g/mol. The molecule has 6 heteroatoms. The van der Waals surface area contributed by atoms with Gasteiger partial charge < -0.3 is 19.7 Å². The Balaban J connectivity index is 2.35. The van der Waals surface area contributed by atoms with Crippen molar-refractivity contribution in [2.24, 2.45) is 0 Å². The predicted octanol–water partition coefficient (Wildman–Crippen LogP) is 2.93. The van der Waals surface area contributed by atoms with Gasteiger partial charge >= 0.3 is 13.1 Å². The summed E-state index contributed by atoms with van der Waals surface area (Å²) >= 11 is 0. The van der Waals surface area contributed by atoms with E-state index >= 15 is 0 Å². The largest absolute Gasteiger partial charge is 0.491 e. The lowest BCUT2D eigenvalue weighted by atomic mass is 9.76. The molecule has 0 aromatic heterocycles. The number of carbonyl (C=O) groups is 1. The second-order valence-electron chi connectivity index (χ2n) is 7.21. The van der Waals surface area contributed by atoms with E-state index in [0.717, 1.165) is 16.6 Å². The van der Waals surface area contributed by atoms with E-state index < -0.39 is 24.3 Å². The van der Waals surface area contributed by atoms with Crippen LogP contribution in [-0.4, -0.2) is 43.0 Å². The second-order valence-corrected chi connectivity index (χ2v) is 7.21. The summed E-state index contributed by atoms with van der Waals surface area (Å²) in [7, 11) is 1.44. The number of nitrogens with one attached hydrogen (secondary N) is 1. The lowest BCUT2D eigenvalue weighted by Gasteiger charge is -2.32. The Morgan fingerprint density at radius 1 is 1.25 bits per heavy atom. The topological polar surface area (TPSA) is 67.8 Å². The number of hydrogen-bond acceptors (Lipinski definition) is 4. The van der Waals surface area contributed by atoms with E-state index in [4.69, 9.17) is 14.4 Å². The molecule has 0 aliphatic carbocycles. The molecule has 1 heterocycles. The fourth-order valence-corrected chi connectivity index (χ4v) is 2.57. The van der Waals surface area contributed by atoms with Crippen molar-refractivity contribution in [3.05, 3.63) is 40.4 Å². The first-order valence-corrected chi connectivity index (χ1v) is 8.12. The van der Waals surface area contributed by atoms with Crippen LogP contribution in [0.5, 0.6) is 0 Å². The van der Waals surface area contributed by atoms with E-state index in [1.807, 2.05) is 53.8 Å². The molecule has 1 fully saturated rings. The van der Waals surface area contributed by atoms with E-state index in [1.165, 1.54) is 0 Å². The second kappa shape index (κ2) is 6.71. The molecule has 2 rings (SSSR count). The number of carboxylic acid groups (broad SMARTS) is 1. The molecule has 1 aromatic rings. The fraction of sp³-hybridized carbons (Fsp3) is 0.500. The lowest BCUT2D eigenvalue weighted by Crippen LogP contribution is -2.41. The molecule has 0 bridgehead atoms. The van der Waals surface area contributed by atoms with Crippen molar-refractivity contribution in [1.29, 1.82) is 0 Å². The van der Waals surface area contributed by atoms with Crippen molar-refractivity contribution >= 4 is 19.2 Å². The number of hydrogen-bond donors (Lipinski definition) is 2. The first kappa shape index (κ1) is 18.7. The molecule has 1 aliphatic rings. The van der Waals surface area contributed by atoms with Gasteiger partial charge in [0, 0.05) is 6.54 Å². The van der Waals surface area contributed by atoms with Crippen molar-refractivity contribution in [1.82, 2.24) is 5.32 Å². The molecule has 24 heavy (non-hydrogen) atoms. The van der Waals surface area contributed by atoms with Gasteiger partial charge in [0.1, 0.15) is 0 Å². The molecular formula is C18H26BNO4. The van der Waals surface area contributed by atoms with Crippen LogP contribution in [0.3, 0.4) is 0 Å². The Morgan fingerprint density at radius 3 is 2.29 bits per heavy atom. The maximum Gasteiger partial charge on any atom is 0.491 e. The predicted molar refractivity (Wildman–Crippen MR) is 96.1 cm³/mol.